The van der Waals surface area contributed by atoms with Gasteiger partial charge in [0.25, 0.3) is 0 Å². The van der Waals surface area contributed by atoms with Gasteiger partial charge in [0, 0.05) is 19.0 Å². The van der Waals surface area contributed by atoms with Crippen LogP contribution in [0, 0.1) is 0 Å². The Morgan fingerprint density at radius 2 is 1.81 bits per heavy atom. The monoisotopic (exact) mass is 374 g/mol. The van der Waals surface area contributed by atoms with Gasteiger partial charge >= 0.3 is 5.97 Å². The van der Waals surface area contributed by atoms with Crippen LogP contribution in [0.25, 0.3) is 0 Å². The van der Waals surface area contributed by atoms with E-state index in [0.29, 0.717) is 24.1 Å². The average molecular weight is 374 g/mol. The summed E-state index contributed by atoms with van der Waals surface area (Å²) in [6, 6.07) is 13.0. The third kappa shape index (κ3) is 3.92. The standard InChI is InChI=1S/C18H18N2O5S/c1-12(21)19-11-10-13-6-8-14(9-7-13)26(23,24)20-17-15-4-2-3-5-16(15)18(22)25-17/h2-9,17,20H,10-11H2,1H3,(H,19,21)/t17-/m1/s1. The second kappa shape index (κ2) is 7.27. The molecule has 2 aromatic carbocycles. The highest BCUT2D eigenvalue weighted by Crippen LogP contribution is 2.29. The first-order valence-corrected chi connectivity index (χ1v) is 9.51. The summed E-state index contributed by atoms with van der Waals surface area (Å²) in [6.07, 6.45) is -0.441. The zero-order valence-corrected chi connectivity index (χ0v) is 14.9. The van der Waals surface area contributed by atoms with E-state index in [4.69, 9.17) is 4.74 Å². The van der Waals surface area contributed by atoms with E-state index < -0.39 is 22.2 Å². The summed E-state index contributed by atoms with van der Waals surface area (Å²) >= 11 is 0. The van der Waals surface area contributed by atoms with Crippen molar-refractivity contribution in [3.8, 4) is 0 Å². The van der Waals surface area contributed by atoms with Crippen LogP contribution >= 0.6 is 0 Å². The minimum absolute atomic E-state index is 0.0706. The number of hydrogen-bond donors (Lipinski definition) is 2. The molecule has 26 heavy (non-hydrogen) atoms. The van der Waals surface area contributed by atoms with Gasteiger partial charge in [-0.15, -0.1) is 0 Å². The van der Waals surface area contributed by atoms with Gasteiger partial charge in [-0.1, -0.05) is 30.3 Å². The molecule has 0 unspecified atom stereocenters. The molecule has 2 N–H and O–H groups in total. The van der Waals surface area contributed by atoms with Gasteiger partial charge in [0.05, 0.1) is 10.5 Å². The van der Waals surface area contributed by atoms with Crippen LogP contribution in [-0.2, 0) is 26.0 Å². The summed E-state index contributed by atoms with van der Waals surface area (Å²) in [5, 5.41) is 2.68. The summed E-state index contributed by atoms with van der Waals surface area (Å²) in [5.41, 5.74) is 1.75. The van der Waals surface area contributed by atoms with Crippen molar-refractivity contribution in [1.82, 2.24) is 10.0 Å². The van der Waals surface area contributed by atoms with Crippen LogP contribution in [0.4, 0.5) is 0 Å². The van der Waals surface area contributed by atoms with Gasteiger partial charge in [0.15, 0.2) is 6.23 Å². The highest BCUT2D eigenvalue weighted by molar-refractivity contribution is 7.89. The van der Waals surface area contributed by atoms with Gasteiger partial charge in [0.2, 0.25) is 15.9 Å². The number of ether oxygens (including phenoxy) is 1. The lowest BCUT2D eigenvalue weighted by Gasteiger charge is -2.13. The van der Waals surface area contributed by atoms with Gasteiger partial charge in [-0.2, -0.15) is 4.72 Å². The molecule has 0 aliphatic carbocycles. The maximum atomic E-state index is 12.6. The van der Waals surface area contributed by atoms with E-state index in [2.05, 4.69) is 10.0 Å². The number of amides is 1. The van der Waals surface area contributed by atoms with Crippen LogP contribution < -0.4 is 10.0 Å². The normalized spacial score (nSPS) is 16.0. The molecule has 1 aliphatic heterocycles. The second-order valence-corrected chi connectivity index (χ2v) is 7.58. The molecule has 0 saturated heterocycles. The number of cyclic esters (lactones) is 1. The molecule has 0 aromatic heterocycles. The van der Waals surface area contributed by atoms with Gasteiger partial charge < -0.3 is 10.1 Å². The predicted octanol–water partition coefficient (Wildman–Crippen LogP) is 1.51. The van der Waals surface area contributed by atoms with E-state index in [-0.39, 0.29) is 10.8 Å². The second-order valence-electron chi connectivity index (χ2n) is 5.87. The number of esters is 1. The smallest absolute Gasteiger partial charge is 0.340 e. The molecule has 0 saturated carbocycles. The maximum Gasteiger partial charge on any atom is 0.340 e. The van der Waals surface area contributed by atoms with Crippen molar-refractivity contribution < 1.29 is 22.7 Å². The highest BCUT2D eigenvalue weighted by Gasteiger charge is 2.33. The number of carbonyl (C=O) groups is 2. The number of nitrogens with one attached hydrogen (secondary N) is 2. The number of carbonyl (C=O) groups excluding carboxylic acids is 2. The zero-order chi connectivity index (χ0) is 18.7. The minimum Gasteiger partial charge on any atom is -0.438 e. The largest absolute Gasteiger partial charge is 0.438 e. The van der Waals surface area contributed by atoms with Crippen molar-refractivity contribution >= 4 is 21.9 Å². The van der Waals surface area contributed by atoms with E-state index in [1.807, 2.05) is 0 Å². The predicted molar refractivity (Wildman–Crippen MR) is 93.7 cm³/mol. The van der Waals surface area contributed by atoms with Crippen molar-refractivity contribution in [2.75, 3.05) is 6.54 Å². The lowest BCUT2D eigenvalue weighted by atomic mass is 10.1. The number of sulfonamides is 1. The van der Waals surface area contributed by atoms with Crippen LogP contribution in [0.15, 0.2) is 53.4 Å². The van der Waals surface area contributed by atoms with E-state index in [0.717, 1.165) is 5.56 Å². The molecule has 3 rings (SSSR count). The molecule has 1 atom stereocenters. The molecule has 0 bridgehead atoms. The van der Waals surface area contributed by atoms with Crippen LogP contribution in [0.5, 0.6) is 0 Å². The molecule has 2 aromatic rings. The van der Waals surface area contributed by atoms with Crippen LogP contribution in [-0.4, -0.2) is 26.8 Å². The Labute approximate surface area is 151 Å². The Morgan fingerprint density at radius 1 is 1.12 bits per heavy atom. The maximum absolute atomic E-state index is 12.6. The van der Waals surface area contributed by atoms with Gasteiger partial charge in [-0.3, -0.25) is 4.79 Å². The number of hydrogen-bond acceptors (Lipinski definition) is 5. The molecule has 0 spiro atoms. The molecule has 1 amide bonds. The molecule has 136 valence electrons. The van der Waals surface area contributed by atoms with E-state index in [9.17, 15) is 18.0 Å². The average Bonchev–Trinajstić information content (AvgIpc) is 2.91. The zero-order valence-electron chi connectivity index (χ0n) is 14.1. The van der Waals surface area contributed by atoms with Crippen molar-refractivity contribution in [2.24, 2.45) is 0 Å². The molecule has 0 radical (unpaired) electrons. The fourth-order valence-corrected chi connectivity index (χ4v) is 3.75. The fraction of sp³-hybridized carbons (Fsp3) is 0.222. The summed E-state index contributed by atoms with van der Waals surface area (Å²) in [4.78, 5) is 22.7. The molecule has 0 fully saturated rings. The quantitative estimate of drug-likeness (QED) is 0.747. The number of rotatable bonds is 6. The topological polar surface area (TPSA) is 102 Å². The Kier molecular flexibility index (Phi) is 5.06. The van der Waals surface area contributed by atoms with Crippen molar-refractivity contribution in [1.29, 1.82) is 0 Å². The highest BCUT2D eigenvalue weighted by atomic mass is 32.2. The Morgan fingerprint density at radius 3 is 2.50 bits per heavy atom. The van der Waals surface area contributed by atoms with Crippen LogP contribution in [0.1, 0.15) is 34.6 Å². The minimum atomic E-state index is -3.86. The van der Waals surface area contributed by atoms with E-state index in [1.54, 1.807) is 36.4 Å². The van der Waals surface area contributed by atoms with Gasteiger partial charge in [0.1, 0.15) is 0 Å². The lowest BCUT2D eigenvalue weighted by molar-refractivity contribution is -0.118. The van der Waals surface area contributed by atoms with E-state index in [1.165, 1.54) is 19.1 Å². The van der Waals surface area contributed by atoms with Crippen LogP contribution in [0.3, 0.4) is 0 Å². The Bertz CT molecular complexity index is 938. The molecule has 7 nitrogen and oxygen atoms in total. The summed E-state index contributed by atoms with van der Waals surface area (Å²) < 4.78 is 32.6. The Hall–Kier alpha value is -2.71. The first kappa shape index (κ1) is 18.1. The molecule has 1 heterocycles. The van der Waals surface area contributed by atoms with Crippen molar-refractivity contribution in [3.63, 3.8) is 0 Å². The lowest BCUT2D eigenvalue weighted by Crippen LogP contribution is -2.28. The third-order valence-corrected chi connectivity index (χ3v) is 5.39. The van der Waals surface area contributed by atoms with Gasteiger partial charge in [-0.05, 0) is 30.2 Å². The van der Waals surface area contributed by atoms with Crippen molar-refractivity contribution in [2.45, 2.75) is 24.5 Å². The Balaban J connectivity index is 1.71. The molecule has 8 heteroatoms. The molecular weight excluding hydrogens is 356 g/mol. The van der Waals surface area contributed by atoms with Gasteiger partial charge in [-0.25, -0.2) is 13.2 Å². The third-order valence-electron chi connectivity index (χ3n) is 3.97. The molecular formula is C18H18N2O5S. The number of benzene rings is 2. The first-order chi connectivity index (χ1) is 12.4. The summed E-state index contributed by atoms with van der Waals surface area (Å²) in [6.45, 7) is 1.92. The number of fused-ring (bicyclic) bond motifs is 1. The summed E-state index contributed by atoms with van der Waals surface area (Å²) in [5.74, 6) is -0.665. The summed E-state index contributed by atoms with van der Waals surface area (Å²) in [7, 11) is -3.86. The molecule has 1 aliphatic rings. The van der Waals surface area contributed by atoms with Crippen molar-refractivity contribution in [3.05, 3.63) is 65.2 Å². The van der Waals surface area contributed by atoms with E-state index >= 15 is 0 Å². The first-order valence-electron chi connectivity index (χ1n) is 8.02. The van der Waals surface area contributed by atoms with Crippen LogP contribution in [0.2, 0.25) is 0 Å². The fourth-order valence-electron chi connectivity index (χ4n) is 2.66. The SMILES string of the molecule is CC(=O)NCCc1ccc(S(=O)(=O)N[C@@H]2OC(=O)c3ccccc32)cc1.